The Hall–Kier alpha value is -3.03. The van der Waals surface area contributed by atoms with Gasteiger partial charge in [-0.25, -0.2) is 4.98 Å². The molecule has 0 spiro atoms. The van der Waals surface area contributed by atoms with Crippen LogP contribution >= 0.6 is 11.6 Å². The molecule has 3 heterocycles. The lowest BCUT2D eigenvalue weighted by molar-refractivity contribution is -0.122. The Bertz CT molecular complexity index is 1220. The van der Waals surface area contributed by atoms with Gasteiger partial charge in [-0.2, -0.15) is 0 Å². The number of amides is 1. The number of carbonyl (C=O) groups excluding carboxylic acids is 2. The van der Waals surface area contributed by atoms with E-state index in [1.807, 2.05) is 0 Å². The molecule has 1 atom stereocenters. The van der Waals surface area contributed by atoms with Crippen LogP contribution in [-0.4, -0.2) is 40.5 Å². The Labute approximate surface area is 184 Å². The van der Waals surface area contributed by atoms with E-state index in [9.17, 15) is 14.4 Å². The first-order valence-corrected chi connectivity index (χ1v) is 10.5. The summed E-state index contributed by atoms with van der Waals surface area (Å²) in [5, 5.41) is 3.55. The van der Waals surface area contributed by atoms with Gasteiger partial charge in [0.1, 0.15) is 12.2 Å². The predicted molar refractivity (Wildman–Crippen MR) is 118 cm³/mol. The molecule has 4 rings (SSSR count). The lowest BCUT2D eigenvalue weighted by Crippen LogP contribution is -2.34. The zero-order valence-electron chi connectivity index (χ0n) is 17.1. The van der Waals surface area contributed by atoms with Gasteiger partial charge in [0.15, 0.2) is 5.78 Å². The van der Waals surface area contributed by atoms with Crippen molar-refractivity contribution in [2.45, 2.75) is 32.4 Å². The summed E-state index contributed by atoms with van der Waals surface area (Å²) in [7, 11) is 0. The summed E-state index contributed by atoms with van der Waals surface area (Å²) in [5.74, 6) is -0.701. The van der Waals surface area contributed by atoms with Gasteiger partial charge in [0, 0.05) is 35.6 Å². The number of halogens is 1. The first kappa shape index (κ1) is 21.2. The molecule has 1 aliphatic heterocycles. The summed E-state index contributed by atoms with van der Waals surface area (Å²) < 4.78 is 7.08. The third-order valence-electron chi connectivity index (χ3n) is 5.26. The fraction of sp³-hybridized carbons (Fsp3) is 0.304. The first-order chi connectivity index (χ1) is 14.9. The van der Waals surface area contributed by atoms with Crippen LogP contribution in [0.1, 0.15) is 34.5 Å². The average Bonchev–Trinajstić information content (AvgIpc) is 3.27. The van der Waals surface area contributed by atoms with Crippen molar-refractivity contribution in [2.75, 3.05) is 13.2 Å². The summed E-state index contributed by atoms with van der Waals surface area (Å²) in [4.78, 5) is 43.1. The van der Waals surface area contributed by atoms with Crippen LogP contribution in [0.5, 0.6) is 0 Å². The van der Waals surface area contributed by atoms with E-state index < -0.39 is 11.2 Å². The Kier molecular flexibility index (Phi) is 6.15. The van der Waals surface area contributed by atoms with Gasteiger partial charge in [0.2, 0.25) is 11.3 Å². The molecule has 1 N–H and O–H groups in total. The van der Waals surface area contributed by atoms with Crippen molar-refractivity contribution in [1.29, 1.82) is 0 Å². The third-order valence-corrected chi connectivity index (χ3v) is 5.49. The van der Waals surface area contributed by atoms with Crippen molar-refractivity contribution in [1.82, 2.24) is 14.9 Å². The second-order valence-corrected chi connectivity index (χ2v) is 8.04. The van der Waals surface area contributed by atoms with Crippen molar-refractivity contribution in [3.8, 4) is 0 Å². The second kappa shape index (κ2) is 8.99. The number of hydrogen-bond donors (Lipinski definition) is 1. The second-order valence-electron chi connectivity index (χ2n) is 7.60. The van der Waals surface area contributed by atoms with Crippen molar-refractivity contribution in [3.05, 3.63) is 74.7 Å². The summed E-state index contributed by atoms with van der Waals surface area (Å²) in [6.45, 7) is 2.87. The molecule has 31 heavy (non-hydrogen) atoms. The summed E-state index contributed by atoms with van der Waals surface area (Å²) in [5.41, 5.74) is 0.906. The minimum atomic E-state index is -0.455. The van der Waals surface area contributed by atoms with E-state index in [1.54, 1.807) is 41.8 Å². The van der Waals surface area contributed by atoms with E-state index in [4.69, 9.17) is 16.3 Å². The van der Waals surface area contributed by atoms with Crippen LogP contribution in [0.25, 0.3) is 11.0 Å². The number of rotatable bonds is 6. The van der Waals surface area contributed by atoms with Crippen LogP contribution in [0.15, 0.2) is 47.4 Å². The molecule has 1 aliphatic rings. The fourth-order valence-electron chi connectivity index (χ4n) is 3.67. The number of carbonyl (C=O) groups is 2. The number of nitrogens with one attached hydrogen (secondary N) is 1. The Morgan fingerprint density at radius 3 is 2.87 bits per heavy atom. The molecular formula is C23H22ClN3O4. The first-order valence-electron chi connectivity index (χ1n) is 10.1. The molecule has 0 radical (unpaired) electrons. The van der Waals surface area contributed by atoms with Crippen LogP contribution in [0.2, 0.25) is 5.02 Å². The molecular weight excluding hydrogens is 418 g/mol. The van der Waals surface area contributed by atoms with Gasteiger partial charge >= 0.3 is 0 Å². The van der Waals surface area contributed by atoms with E-state index in [0.717, 1.165) is 12.8 Å². The van der Waals surface area contributed by atoms with Gasteiger partial charge in [-0.3, -0.25) is 14.4 Å². The highest BCUT2D eigenvalue weighted by atomic mass is 35.5. The number of ether oxygens (including phenoxy) is 1. The van der Waals surface area contributed by atoms with Crippen LogP contribution in [0.4, 0.5) is 0 Å². The number of ketones is 1. The zero-order valence-corrected chi connectivity index (χ0v) is 17.8. The molecule has 7 nitrogen and oxygen atoms in total. The molecule has 3 aromatic rings. The highest BCUT2D eigenvalue weighted by molar-refractivity contribution is 6.31. The standard InChI is InChI=1S/C23H22ClN3O4/c1-14-7-8-18-22(30)19(21(29)15-4-2-5-16(24)10-15)12-27(23(18)26-14)13-20(28)25-11-17-6-3-9-31-17/h2,4-5,7-8,10,12,17H,3,6,9,11,13H2,1H3,(H,25,28)/t17-/m0/s1. The minimum Gasteiger partial charge on any atom is -0.376 e. The van der Waals surface area contributed by atoms with Crippen LogP contribution < -0.4 is 10.7 Å². The molecule has 0 unspecified atom stereocenters. The zero-order chi connectivity index (χ0) is 22.0. The quantitative estimate of drug-likeness (QED) is 0.596. The molecule has 1 fully saturated rings. The predicted octanol–water partition coefficient (Wildman–Crippen LogP) is 2.88. The topological polar surface area (TPSA) is 90.3 Å². The monoisotopic (exact) mass is 439 g/mol. The number of benzene rings is 1. The average molecular weight is 440 g/mol. The van der Waals surface area contributed by atoms with Gasteiger partial charge in [-0.15, -0.1) is 0 Å². The molecule has 1 saturated heterocycles. The van der Waals surface area contributed by atoms with Crippen molar-refractivity contribution in [2.24, 2.45) is 0 Å². The Morgan fingerprint density at radius 2 is 2.13 bits per heavy atom. The van der Waals surface area contributed by atoms with Crippen LogP contribution in [-0.2, 0) is 16.1 Å². The van der Waals surface area contributed by atoms with Crippen molar-refractivity contribution in [3.63, 3.8) is 0 Å². The SMILES string of the molecule is Cc1ccc2c(=O)c(C(=O)c3cccc(Cl)c3)cn(CC(=O)NC[C@@H]3CCCO3)c2n1. The number of aromatic nitrogens is 2. The van der Waals surface area contributed by atoms with E-state index in [2.05, 4.69) is 10.3 Å². The van der Waals surface area contributed by atoms with Gasteiger partial charge in [-0.1, -0.05) is 23.7 Å². The van der Waals surface area contributed by atoms with Crippen molar-refractivity contribution < 1.29 is 14.3 Å². The Morgan fingerprint density at radius 1 is 1.29 bits per heavy atom. The molecule has 160 valence electrons. The van der Waals surface area contributed by atoms with Crippen LogP contribution in [0.3, 0.4) is 0 Å². The Balaban J connectivity index is 1.70. The molecule has 0 bridgehead atoms. The maximum atomic E-state index is 13.1. The smallest absolute Gasteiger partial charge is 0.240 e. The number of aryl methyl sites for hydroxylation is 1. The molecule has 1 amide bonds. The number of hydrogen-bond acceptors (Lipinski definition) is 5. The largest absolute Gasteiger partial charge is 0.376 e. The molecule has 0 saturated carbocycles. The maximum Gasteiger partial charge on any atom is 0.240 e. The lowest BCUT2D eigenvalue weighted by atomic mass is 10.0. The highest BCUT2D eigenvalue weighted by Crippen LogP contribution is 2.17. The van der Waals surface area contributed by atoms with Crippen LogP contribution in [0, 0.1) is 6.92 Å². The van der Waals surface area contributed by atoms with Gasteiger partial charge in [0.25, 0.3) is 0 Å². The number of nitrogens with zero attached hydrogens (tertiary/aromatic N) is 2. The molecule has 1 aromatic carbocycles. The van der Waals surface area contributed by atoms with E-state index in [0.29, 0.717) is 35.1 Å². The summed E-state index contributed by atoms with van der Waals surface area (Å²) >= 11 is 6.01. The number of pyridine rings is 2. The summed E-state index contributed by atoms with van der Waals surface area (Å²) in [6, 6.07) is 9.76. The third kappa shape index (κ3) is 4.68. The van der Waals surface area contributed by atoms with E-state index in [-0.39, 0.29) is 29.5 Å². The molecule has 8 heteroatoms. The normalized spacial score (nSPS) is 15.9. The van der Waals surface area contributed by atoms with Crippen molar-refractivity contribution >= 4 is 34.3 Å². The fourth-order valence-corrected chi connectivity index (χ4v) is 3.86. The lowest BCUT2D eigenvalue weighted by Gasteiger charge is -2.14. The van der Waals surface area contributed by atoms with Gasteiger partial charge in [-0.05, 0) is 44.0 Å². The maximum absolute atomic E-state index is 13.1. The van der Waals surface area contributed by atoms with E-state index in [1.165, 1.54) is 12.3 Å². The van der Waals surface area contributed by atoms with Gasteiger partial charge < -0.3 is 14.6 Å². The van der Waals surface area contributed by atoms with Gasteiger partial charge in [0.05, 0.1) is 17.1 Å². The molecule has 0 aliphatic carbocycles. The summed E-state index contributed by atoms with van der Waals surface area (Å²) in [6.07, 6.45) is 3.34. The highest BCUT2D eigenvalue weighted by Gasteiger charge is 2.20. The minimum absolute atomic E-state index is 0.0232. The molecule has 2 aromatic heterocycles. The number of fused-ring (bicyclic) bond motifs is 1. The van der Waals surface area contributed by atoms with E-state index >= 15 is 0 Å².